The van der Waals surface area contributed by atoms with Crippen LogP contribution in [0.4, 0.5) is 0 Å². The number of sulfonamides is 1. The van der Waals surface area contributed by atoms with Crippen molar-refractivity contribution < 1.29 is 8.42 Å². The maximum absolute atomic E-state index is 11.6. The van der Waals surface area contributed by atoms with Crippen molar-refractivity contribution in [3.8, 4) is 6.07 Å². The number of hydrogen-bond acceptors (Lipinski definition) is 3. The van der Waals surface area contributed by atoms with E-state index in [4.69, 9.17) is 5.26 Å². The Morgan fingerprint density at radius 3 is 2.44 bits per heavy atom. The van der Waals surface area contributed by atoms with E-state index in [9.17, 15) is 8.42 Å². The molecule has 4 nitrogen and oxygen atoms in total. The molecule has 1 heterocycles. The summed E-state index contributed by atoms with van der Waals surface area (Å²) in [5, 5.41) is 8.79. The molecular formula is C11H20N2O2S. The number of rotatable bonds is 6. The summed E-state index contributed by atoms with van der Waals surface area (Å²) in [6.07, 6.45) is 3.60. The molecule has 0 saturated carbocycles. The first-order chi connectivity index (χ1) is 7.49. The van der Waals surface area contributed by atoms with Crippen LogP contribution in [0.5, 0.6) is 0 Å². The van der Waals surface area contributed by atoms with E-state index in [0.29, 0.717) is 19.5 Å². The van der Waals surface area contributed by atoms with Crippen molar-refractivity contribution in [1.29, 1.82) is 5.26 Å². The highest BCUT2D eigenvalue weighted by molar-refractivity contribution is 7.89. The van der Waals surface area contributed by atoms with Crippen LogP contribution in [0.25, 0.3) is 0 Å². The van der Waals surface area contributed by atoms with Crippen LogP contribution in [0.3, 0.4) is 0 Å². The van der Waals surface area contributed by atoms with E-state index in [2.05, 4.69) is 13.0 Å². The number of nitriles is 1. The van der Waals surface area contributed by atoms with Gasteiger partial charge in [-0.3, -0.25) is 0 Å². The molecule has 0 radical (unpaired) electrons. The van der Waals surface area contributed by atoms with Gasteiger partial charge >= 0.3 is 0 Å². The lowest BCUT2D eigenvalue weighted by Gasteiger charge is -2.48. The molecule has 0 atom stereocenters. The highest BCUT2D eigenvalue weighted by Crippen LogP contribution is 2.40. The Bertz CT molecular complexity index is 364. The van der Waals surface area contributed by atoms with Gasteiger partial charge in [0.1, 0.15) is 0 Å². The fourth-order valence-electron chi connectivity index (χ4n) is 2.16. The minimum atomic E-state index is -3.05. The SMILES string of the molecule is CCCCC1(CC#N)CN(S(=O)(=O)CC)C1. The van der Waals surface area contributed by atoms with E-state index in [0.717, 1.165) is 19.3 Å². The fourth-order valence-corrected chi connectivity index (χ4v) is 3.47. The maximum Gasteiger partial charge on any atom is 0.213 e. The van der Waals surface area contributed by atoms with Crippen LogP contribution in [0.2, 0.25) is 0 Å². The fraction of sp³-hybridized carbons (Fsp3) is 0.909. The first kappa shape index (κ1) is 13.5. The summed E-state index contributed by atoms with van der Waals surface area (Å²) in [4.78, 5) is 0. The van der Waals surface area contributed by atoms with E-state index in [-0.39, 0.29) is 11.2 Å². The van der Waals surface area contributed by atoms with Crippen molar-refractivity contribution in [2.24, 2.45) is 5.41 Å². The van der Waals surface area contributed by atoms with Gasteiger partial charge < -0.3 is 0 Å². The summed E-state index contributed by atoms with van der Waals surface area (Å²) in [5.41, 5.74) is -0.0625. The minimum absolute atomic E-state index is 0.0625. The Balaban J connectivity index is 2.59. The normalized spacial score (nSPS) is 20.1. The summed E-state index contributed by atoms with van der Waals surface area (Å²) in [6.45, 7) is 4.85. The average Bonchev–Trinajstić information content (AvgIpc) is 2.21. The molecule has 1 saturated heterocycles. The predicted molar refractivity (Wildman–Crippen MR) is 63.2 cm³/mol. The topological polar surface area (TPSA) is 61.2 Å². The van der Waals surface area contributed by atoms with Crippen molar-refractivity contribution in [3.63, 3.8) is 0 Å². The Labute approximate surface area is 98.3 Å². The van der Waals surface area contributed by atoms with Gasteiger partial charge in [0.2, 0.25) is 10.0 Å². The smallest absolute Gasteiger partial charge is 0.212 e. The van der Waals surface area contributed by atoms with Crippen LogP contribution < -0.4 is 0 Å². The monoisotopic (exact) mass is 244 g/mol. The number of unbranched alkanes of at least 4 members (excludes halogenated alkanes) is 1. The summed E-state index contributed by atoms with van der Waals surface area (Å²) in [5.74, 6) is 0.156. The van der Waals surface area contributed by atoms with Crippen molar-refractivity contribution in [3.05, 3.63) is 0 Å². The Morgan fingerprint density at radius 1 is 1.38 bits per heavy atom. The average molecular weight is 244 g/mol. The van der Waals surface area contributed by atoms with Crippen LogP contribution in [-0.2, 0) is 10.0 Å². The Morgan fingerprint density at radius 2 is 2.00 bits per heavy atom. The van der Waals surface area contributed by atoms with Crippen molar-refractivity contribution >= 4 is 10.0 Å². The van der Waals surface area contributed by atoms with Crippen molar-refractivity contribution in [1.82, 2.24) is 4.31 Å². The number of hydrogen-bond donors (Lipinski definition) is 0. The lowest BCUT2D eigenvalue weighted by molar-refractivity contribution is 0.0628. The third-order valence-corrected chi connectivity index (χ3v) is 5.07. The lowest BCUT2D eigenvalue weighted by Crippen LogP contribution is -2.58. The summed E-state index contributed by atoms with van der Waals surface area (Å²) in [6, 6.07) is 2.19. The number of nitrogens with zero attached hydrogens (tertiary/aromatic N) is 2. The van der Waals surface area contributed by atoms with Gasteiger partial charge in [-0.2, -0.15) is 5.26 Å². The summed E-state index contributed by atoms with van der Waals surface area (Å²) >= 11 is 0. The molecule has 0 unspecified atom stereocenters. The molecule has 0 aliphatic carbocycles. The van der Waals surface area contributed by atoms with Gasteiger partial charge in [0.05, 0.1) is 11.8 Å². The van der Waals surface area contributed by atoms with Crippen LogP contribution in [0.15, 0.2) is 0 Å². The van der Waals surface area contributed by atoms with Gasteiger partial charge in [-0.05, 0) is 13.3 Å². The van der Waals surface area contributed by atoms with E-state index in [1.165, 1.54) is 4.31 Å². The molecule has 0 N–H and O–H groups in total. The molecule has 1 aliphatic rings. The van der Waals surface area contributed by atoms with Gasteiger partial charge in [0.25, 0.3) is 0 Å². The highest BCUT2D eigenvalue weighted by atomic mass is 32.2. The second-order valence-corrected chi connectivity index (χ2v) is 6.86. The maximum atomic E-state index is 11.6. The van der Waals surface area contributed by atoms with E-state index >= 15 is 0 Å². The van der Waals surface area contributed by atoms with Crippen LogP contribution in [0, 0.1) is 16.7 Å². The second kappa shape index (κ2) is 5.15. The van der Waals surface area contributed by atoms with Crippen LogP contribution >= 0.6 is 0 Å². The second-order valence-electron chi connectivity index (χ2n) is 4.61. The molecule has 5 heteroatoms. The molecule has 0 aromatic rings. The molecule has 0 spiro atoms. The summed E-state index contributed by atoms with van der Waals surface area (Å²) in [7, 11) is -3.05. The van der Waals surface area contributed by atoms with E-state index in [1.807, 2.05) is 0 Å². The first-order valence-electron chi connectivity index (χ1n) is 5.84. The standard InChI is InChI=1S/C11H20N2O2S/c1-3-5-6-11(7-8-12)9-13(10-11)16(14,15)4-2/h3-7,9-10H2,1-2H3. The zero-order valence-electron chi connectivity index (χ0n) is 10.1. The van der Waals surface area contributed by atoms with Gasteiger partial charge in [0.15, 0.2) is 0 Å². The zero-order chi connectivity index (χ0) is 12.2. The quantitative estimate of drug-likeness (QED) is 0.715. The van der Waals surface area contributed by atoms with E-state index in [1.54, 1.807) is 6.92 Å². The third kappa shape index (κ3) is 2.74. The van der Waals surface area contributed by atoms with E-state index < -0.39 is 10.0 Å². The molecule has 16 heavy (non-hydrogen) atoms. The largest absolute Gasteiger partial charge is 0.213 e. The molecule has 0 amide bonds. The van der Waals surface area contributed by atoms with Crippen molar-refractivity contribution in [2.45, 2.75) is 39.5 Å². The molecule has 0 aromatic heterocycles. The lowest BCUT2D eigenvalue weighted by atomic mass is 9.75. The van der Waals surface area contributed by atoms with Crippen LogP contribution in [-0.4, -0.2) is 31.6 Å². The van der Waals surface area contributed by atoms with Crippen LogP contribution in [0.1, 0.15) is 39.5 Å². The molecule has 1 aliphatic heterocycles. The Kier molecular flexibility index (Phi) is 4.34. The molecule has 1 fully saturated rings. The molecule has 0 aromatic carbocycles. The molecule has 1 rings (SSSR count). The minimum Gasteiger partial charge on any atom is -0.212 e. The van der Waals surface area contributed by atoms with Gasteiger partial charge in [-0.15, -0.1) is 0 Å². The molecule has 92 valence electrons. The molecule has 0 bridgehead atoms. The first-order valence-corrected chi connectivity index (χ1v) is 7.45. The Hall–Kier alpha value is -0.600. The summed E-state index contributed by atoms with van der Waals surface area (Å²) < 4.78 is 24.7. The zero-order valence-corrected chi connectivity index (χ0v) is 10.9. The molecular weight excluding hydrogens is 224 g/mol. The van der Waals surface area contributed by atoms with Gasteiger partial charge in [0, 0.05) is 24.9 Å². The van der Waals surface area contributed by atoms with Crippen molar-refractivity contribution in [2.75, 3.05) is 18.8 Å². The predicted octanol–water partition coefficient (Wildman–Crippen LogP) is 1.74. The highest BCUT2D eigenvalue weighted by Gasteiger charge is 2.46. The van der Waals surface area contributed by atoms with Gasteiger partial charge in [-0.25, -0.2) is 12.7 Å². The van der Waals surface area contributed by atoms with Gasteiger partial charge in [-0.1, -0.05) is 19.8 Å². The third-order valence-electron chi connectivity index (χ3n) is 3.30.